The summed E-state index contributed by atoms with van der Waals surface area (Å²) in [5.41, 5.74) is 0. The molecule has 0 aliphatic rings. The smallest absolute Gasteiger partial charge is 0.150 e. The minimum atomic E-state index is 0.469. The van der Waals surface area contributed by atoms with Crippen molar-refractivity contribution in [3.63, 3.8) is 0 Å². The van der Waals surface area contributed by atoms with E-state index < -0.39 is 0 Å². The molecule has 0 aliphatic carbocycles. The molecule has 98 valence electrons. The van der Waals surface area contributed by atoms with E-state index in [4.69, 9.17) is 0 Å². The molecule has 0 aromatic carbocycles. The predicted octanol–water partition coefficient (Wildman–Crippen LogP) is 2.04. The summed E-state index contributed by atoms with van der Waals surface area (Å²) >= 11 is 0. The topological polar surface area (TPSA) is 42.7 Å². The third-order valence-electron chi connectivity index (χ3n) is 3.07. The highest BCUT2D eigenvalue weighted by Crippen LogP contribution is 2.08. The molecular formula is C13H26N4. The van der Waals surface area contributed by atoms with Crippen molar-refractivity contribution in [3.05, 3.63) is 11.6 Å². The first-order valence-electron chi connectivity index (χ1n) is 6.78. The summed E-state index contributed by atoms with van der Waals surface area (Å²) in [4.78, 5) is 4.54. The maximum Gasteiger partial charge on any atom is 0.150 e. The summed E-state index contributed by atoms with van der Waals surface area (Å²) in [6, 6.07) is 0.469. The van der Waals surface area contributed by atoms with Gasteiger partial charge in [0.15, 0.2) is 5.82 Å². The SMILES string of the molecule is CCNC(Cn1nc(CC)nc1CC)C(C)C. The fourth-order valence-electron chi connectivity index (χ4n) is 1.94. The number of nitrogens with zero attached hydrogens (tertiary/aromatic N) is 3. The molecule has 1 unspecified atom stereocenters. The first-order valence-corrected chi connectivity index (χ1v) is 6.78. The standard InChI is InChI=1S/C13H26N4/c1-6-12-15-13(7-2)17(16-12)9-11(10(4)5)14-8-3/h10-11,14H,6-9H2,1-5H3. The van der Waals surface area contributed by atoms with Gasteiger partial charge in [0.05, 0.1) is 6.54 Å². The van der Waals surface area contributed by atoms with E-state index in [9.17, 15) is 0 Å². The van der Waals surface area contributed by atoms with Gasteiger partial charge in [0.25, 0.3) is 0 Å². The fourth-order valence-corrected chi connectivity index (χ4v) is 1.94. The summed E-state index contributed by atoms with van der Waals surface area (Å²) in [5, 5.41) is 8.09. The average molecular weight is 238 g/mol. The Kier molecular flexibility index (Phi) is 5.62. The van der Waals surface area contributed by atoms with Crippen LogP contribution in [-0.2, 0) is 19.4 Å². The molecule has 1 heterocycles. The fraction of sp³-hybridized carbons (Fsp3) is 0.846. The molecule has 1 rings (SSSR count). The van der Waals surface area contributed by atoms with Gasteiger partial charge in [-0.25, -0.2) is 9.67 Å². The van der Waals surface area contributed by atoms with Crippen LogP contribution in [0, 0.1) is 5.92 Å². The molecule has 1 aromatic rings. The molecular weight excluding hydrogens is 212 g/mol. The van der Waals surface area contributed by atoms with E-state index in [1.807, 2.05) is 0 Å². The largest absolute Gasteiger partial charge is 0.312 e. The van der Waals surface area contributed by atoms with E-state index in [1.54, 1.807) is 0 Å². The molecule has 1 N–H and O–H groups in total. The Morgan fingerprint density at radius 3 is 2.35 bits per heavy atom. The molecule has 0 aliphatic heterocycles. The van der Waals surface area contributed by atoms with Crippen LogP contribution in [0.25, 0.3) is 0 Å². The lowest BCUT2D eigenvalue weighted by atomic mass is 10.0. The highest BCUT2D eigenvalue weighted by Gasteiger charge is 2.16. The minimum absolute atomic E-state index is 0.469. The molecule has 0 bridgehead atoms. The molecule has 4 heteroatoms. The van der Waals surface area contributed by atoms with E-state index >= 15 is 0 Å². The van der Waals surface area contributed by atoms with Crippen LogP contribution < -0.4 is 5.32 Å². The van der Waals surface area contributed by atoms with Crippen molar-refractivity contribution in [1.82, 2.24) is 20.1 Å². The lowest BCUT2D eigenvalue weighted by Crippen LogP contribution is -2.38. The minimum Gasteiger partial charge on any atom is -0.312 e. The van der Waals surface area contributed by atoms with Crippen LogP contribution in [0.3, 0.4) is 0 Å². The van der Waals surface area contributed by atoms with Crippen LogP contribution in [0.4, 0.5) is 0 Å². The number of hydrogen-bond acceptors (Lipinski definition) is 3. The molecule has 1 aromatic heterocycles. The molecule has 0 saturated carbocycles. The van der Waals surface area contributed by atoms with Crippen molar-refractivity contribution < 1.29 is 0 Å². The van der Waals surface area contributed by atoms with Gasteiger partial charge >= 0.3 is 0 Å². The van der Waals surface area contributed by atoms with Crippen LogP contribution in [0.15, 0.2) is 0 Å². The van der Waals surface area contributed by atoms with Gasteiger partial charge in [0.1, 0.15) is 5.82 Å². The quantitative estimate of drug-likeness (QED) is 0.790. The number of nitrogens with one attached hydrogen (secondary N) is 1. The van der Waals surface area contributed by atoms with Gasteiger partial charge in [-0.1, -0.05) is 34.6 Å². The summed E-state index contributed by atoms with van der Waals surface area (Å²) < 4.78 is 2.08. The van der Waals surface area contributed by atoms with Crippen molar-refractivity contribution in [2.75, 3.05) is 6.54 Å². The summed E-state index contributed by atoms with van der Waals surface area (Å²) in [7, 11) is 0. The van der Waals surface area contributed by atoms with Gasteiger partial charge in [-0.3, -0.25) is 0 Å². The highest BCUT2D eigenvalue weighted by molar-refractivity contribution is 4.93. The molecule has 0 spiro atoms. The number of likely N-dealkylation sites (N-methyl/N-ethyl adjacent to an activating group) is 1. The predicted molar refractivity (Wildman–Crippen MR) is 71.1 cm³/mol. The first kappa shape index (κ1) is 14.2. The molecule has 0 amide bonds. The summed E-state index contributed by atoms with van der Waals surface area (Å²) in [5.74, 6) is 2.67. The number of aryl methyl sites for hydroxylation is 2. The van der Waals surface area contributed by atoms with Gasteiger partial charge < -0.3 is 5.32 Å². The number of rotatable bonds is 7. The second-order valence-electron chi connectivity index (χ2n) is 4.74. The Hall–Kier alpha value is -0.900. The van der Waals surface area contributed by atoms with Crippen LogP contribution >= 0.6 is 0 Å². The van der Waals surface area contributed by atoms with Crippen LogP contribution in [0.1, 0.15) is 46.3 Å². The van der Waals surface area contributed by atoms with Gasteiger partial charge in [-0.05, 0) is 12.5 Å². The Balaban J connectivity index is 2.80. The molecule has 0 fully saturated rings. The van der Waals surface area contributed by atoms with E-state index in [-0.39, 0.29) is 0 Å². The zero-order chi connectivity index (χ0) is 12.8. The van der Waals surface area contributed by atoms with Crippen molar-refractivity contribution in [2.45, 2.75) is 60.0 Å². The third kappa shape index (κ3) is 3.80. The number of aromatic nitrogens is 3. The lowest BCUT2D eigenvalue weighted by Gasteiger charge is -2.22. The Bertz CT molecular complexity index is 330. The summed E-state index contributed by atoms with van der Waals surface area (Å²) in [6.07, 6.45) is 1.86. The summed E-state index contributed by atoms with van der Waals surface area (Å²) in [6.45, 7) is 12.8. The van der Waals surface area contributed by atoms with Gasteiger partial charge in [-0.15, -0.1) is 0 Å². The van der Waals surface area contributed by atoms with Gasteiger partial charge in [-0.2, -0.15) is 5.10 Å². The average Bonchev–Trinajstić information content (AvgIpc) is 2.70. The Morgan fingerprint density at radius 1 is 1.18 bits per heavy atom. The monoisotopic (exact) mass is 238 g/mol. The van der Waals surface area contributed by atoms with Gasteiger partial charge in [0.2, 0.25) is 0 Å². The molecule has 4 nitrogen and oxygen atoms in total. The normalized spacial score (nSPS) is 13.3. The Labute approximate surface area is 105 Å². The van der Waals surface area contributed by atoms with Crippen molar-refractivity contribution in [3.8, 4) is 0 Å². The second-order valence-corrected chi connectivity index (χ2v) is 4.74. The van der Waals surface area contributed by atoms with Gasteiger partial charge in [0, 0.05) is 18.9 Å². The zero-order valence-electron chi connectivity index (χ0n) is 11.8. The molecule has 0 saturated heterocycles. The zero-order valence-corrected chi connectivity index (χ0v) is 11.8. The van der Waals surface area contributed by atoms with Crippen molar-refractivity contribution in [1.29, 1.82) is 0 Å². The highest BCUT2D eigenvalue weighted by atomic mass is 15.4. The first-order chi connectivity index (χ1) is 8.12. The third-order valence-corrected chi connectivity index (χ3v) is 3.07. The maximum absolute atomic E-state index is 4.57. The van der Waals surface area contributed by atoms with Crippen LogP contribution in [0.2, 0.25) is 0 Å². The number of hydrogen-bond donors (Lipinski definition) is 1. The van der Waals surface area contributed by atoms with Crippen molar-refractivity contribution in [2.24, 2.45) is 5.92 Å². The van der Waals surface area contributed by atoms with Crippen LogP contribution in [0.5, 0.6) is 0 Å². The Morgan fingerprint density at radius 2 is 1.88 bits per heavy atom. The molecule has 1 atom stereocenters. The molecule has 0 radical (unpaired) electrons. The van der Waals surface area contributed by atoms with E-state index in [0.29, 0.717) is 12.0 Å². The van der Waals surface area contributed by atoms with E-state index in [0.717, 1.165) is 37.6 Å². The second kappa shape index (κ2) is 6.74. The molecule has 17 heavy (non-hydrogen) atoms. The van der Waals surface area contributed by atoms with Crippen molar-refractivity contribution >= 4 is 0 Å². The van der Waals surface area contributed by atoms with E-state index in [1.165, 1.54) is 0 Å². The lowest BCUT2D eigenvalue weighted by molar-refractivity contribution is 0.343. The van der Waals surface area contributed by atoms with E-state index in [2.05, 4.69) is 54.7 Å². The maximum atomic E-state index is 4.57. The van der Waals surface area contributed by atoms with Crippen LogP contribution in [-0.4, -0.2) is 27.4 Å².